The fourth-order valence-electron chi connectivity index (χ4n) is 2.82. The van der Waals surface area contributed by atoms with Crippen molar-refractivity contribution in [2.45, 2.75) is 46.1 Å². The highest BCUT2D eigenvalue weighted by Crippen LogP contribution is 2.33. The van der Waals surface area contributed by atoms with Gasteiger partial charge in [-0.25, -0.2) is 4.98 Å². The van der Waals surface area contributed by atoms with Crippen LogP contribution >= 0.6 is 0 Å². The predicted molar refractivity (Wildman–Crippen MR) is 78.4 cm³/mol. The van der Waals surface area contributed by atoms with Gasteiger partial charge in [-0.15, -0.1) is 0 Å². The molecule has 0 aliphatic heterocycles. The van der Waals surface area contributed by atoms with E-state index in [0.717, 1.165) is 12.5 Å². The Morgan fingerprint density at radius 2 is 2.11 bits per heavy atom. The summed E-state index contributed by atoms with van der Waals surface area (Å²) in [6.45, 7) is 7.82. The maximum absolute atomic E-state index is 4.61. The summed E-state index contributed by atoms with van der Waals surface area (Å²) in [6.07, 6.45) is 6.85. The lowest BCUT2D eigenvalue weighted by molar-refractivity contribution is 0.583. The van der Waals surface area contributed by atoms with Crippen LogP contribution in [0.5, 0.6) is 0 Å². The van der Waals surface area contributed by atoms with Crippen molar-refractivity contribution in [3.8, 4) is 0 Å². The molecule has 3 rings (SSSR count). The van der Waals surface area contributed by atoms with Crippen molar-refractivity contribution in [1.82, 2.24) is 9.55 Å². The van der Waals surface area contributed by atoms with Gasteiger partial charge in [0.1, 0.15) is 5.82 Å². The van der Waals surface area contributed by atoms with Gasteiger partial charge in [0.25, 0.3) is 0 Å². The second kappa shape index (κ2) is 4.84. The molecule has 1 aliphatic carbocycles. The first-order chi connectivity index (χ1) is 9.16. The van der Waals surface area contributed by atoms with Gasteiger partial charge in [0.15, 0.2) is 0 Å². The Balaban J connectivity index is 1.92. The second-order valence-corrected chi connectivity index (χ2v) is 5.89. The summed E-state index contributed by atoms with van der Waals surface area (Å²) in [6, 6.07) is 6.58. The normalized spacial score (nSPS) is 16.6. The maximum Gasteiger partial charge on any atom is 0.115 e. The van der Waals surface area contributed by atoms with Gasteiger partial charge in [-0.1, -0.05) is 25.1 Å². The predicted octanol–water partition coefficient (Wildman–Crippen LogP) is 4.06. The molecule has 0 radical (unpaired) electrons. The molecule has 1 aromatic carbocycles. The minimum atomic E-state index is 0.369. The van der Waals surface area contributed by atoms with Crippen LogP contribution in [0.25, 0.3) is 0 Å². The van der Waals surface area contributed by atoms with E-state index in [2.05, 4.69) is 54.7 Å². The summed E-state index contributed by atoms with van der Waals surface area (Å²) >= 11 is 0. The van der Waals surface area contributed by atoms with Crippen molar-refractivity contribution in [2.24, 2.45) is 5.92 Å². The average molecular weight is 254 g/mol. The fraction of sp³-hybridized carbons (Fsp3) is 0.471. The van der Waals surface area contributed by atoms with Gasteiger partial charge in [-0.2, -0.15) is 0 Å². The lowest BCUT2D eigenvalue weighted by atomic mass is 9.93. The molecule has 1 heterocycles. The van der Waals surface area contributed by atoms with E-state index >= 15 is 0 Å². The molecule has 0 saturated heterocycles. The molecule has 100 valence electrons. The van der Waals surface area contributed by atoms with E-state index in [-0.39, 0.29) is 0 Å². The molecule has 1 aliphatic rings. The van der Waals surface area contributed by atoms with Crippen LogP contribution in [0.3, 0.4) is 0 Å². The molecule has 1 atom stereocenters. The Morgan fingerprint density at radius 3 is 2.84 bits per heavy atom. The van der Waals surface area contributed by atoms with Crippen LogP contribution in [-0.2, 0) is 6.54 Å². The smallest absolute Gasteiger partial charge is 0.115 e. The third-order valence-corrected chi connectivity index (χ3v) is 4.40. The van der Waals surface area contributed by atoms with Crippen molar-refractivity contribution < 1.29 is 0 Å². The van der Waals surface area contributed by atoms with Gasteiger partial charge >= 0.3 is 0 Å². The summed E-state index contributed by atoms with van der Waals surface area (Å²) in [5, 5.41) is 0. The number of aryl methyl sites for hydroxylation is 1. The van der Waals surface area contributed by atoms with Gasteiger partial charge < -0.3 is 4.57 Å². The first-order valence-corrected chi connectivity index (χ1v) is 7.24. The van der Waals surface area contributed by atoms with E-state index in [1.165, 1.54) is 35.4 Å². The highest BCUT2D eigenvalue weighted by molar-refractivity contribution is 5.38. The second-order valence-electron chi connectivity index (χ2n) is 5.89. The Hall–Kier alpha value is -1.57. The number of nitrogens with zero attached hydrogens (tertiary/aromatic N) is 2. The van der Waals surface area contributed by atoms with Crippen molar-refractivity contribution in [3.05, 3.63) is 53.1 Å². The zero-order valence-electron chi connectivity index (χ0n) is 12.1. The Bertz CT molecular complexity index is 579. The largest absolute Gasteiger partial charge is 0.334 e. The molecular weight excluding hydrogens is 232 g/mol. The van der Waals surface area contributed by atoms with Crippen LogP contribution in [0.1, 0.15) is 48.2 Å². The van der Waals surface area contributed by atoms with E-state index < -0.39 is 0 Å². The molecule has 0 amide bonds. The fourth-order valence-corrected chi connectivity index (χ4v) is 2.82. The summed E-state index contributed by atoms with van der Waals surface area (Å²) in [5.41, 5.74) is 4.17. The molecule has 19 heavy (non-hydrogen) atoms. The highest BCUT2D eigenvalue weighted by Gasteiger charge is 2.24. The molecule has 1 saturated carbocycles. The van der Waals surface area contributed by atoms with E-state index in [0.29, 0.717) is 5.92 Å². The van der Waals surface area contributed by atoms with Crippen LogP contribution in [-0.4, -0.2) is 9.55 Å². The number of benzene rings is 1. The SMILES string of the molecule is Cc1cccc(C(C)c2nccn2CC2CC2)c1C. The summed E-state index contributed by atoms with van der Waals surface area (Å²) in [5.74, 6) is 2.47. The van der Waals surface area contributed by atoms with Crippen LogP contribution in [0.2, 0.25) is 0 Å². The van der Waals surface area contributed by atoms with Crippen molar-refractivity contribution in [1.29, 1.82) is 0 Å². The third kappa shape index (κ3) is 2.44. The van der Waals surface area contributed by atoms with Crippen LogP contribution < -0.4 is 0 Å². The molecule has 2 heteroatoms. The molecule has 0 N–H and O–H groups in total. The third-order valence-electron chi connectivity index (χ3n) is 4.40. The Kier molecular flexibility index (Phi) is 3.17. The van der Waals surface area contributed by atoms with Crippen molar-refractivity contribution >= 4 is 0 Å². The lowest BCUT2D eigenvalue weighted by Gasteiger charge is -2.17. The van der Waals surface area contributed by atoms with Gasteiger partial charge in [-0.3, -0.25) is 0 Å². The topological polar surface area (TPSA) is 17.8 Å². The molecule has 2 nitrogen and oxygen atoms in total. The van der Waals surface area contributed by atoms with E-state index in [4.69, 9.17) is 0 Å². The monoisotopic (exact) mass is 254 g/mol. The van der Waals surface area contributed by atoms with Gasteiger partial charge in [0.2, 0.25) is 0 Å². The minimum absolute atomic E-state index is 0.369. The first kappa shape index (κ1) is 12.5. The van der Waals surface area contributed by atoms with Crippen LogP contribution in [0.15, 0.2) is 30.6 Å². The van der Waals surface area contributed by atoms with Crippen molar-refractivity contribution in [3.63, 3.8) is 0 Å². The molecule has 0 spiro atoms. The van der Waals surface area contributed by atoms with Crippen LogP contribution in [0.4, 0.5) is 0 Å². The van der Waals surface area contributed by atoms with Gasteiger partial charge in [0.05, 0.1) is 0 Å². The van der Waals surface area contributed by atoms with Crippen LogP contribution in [0, 0.1) is 19.8 Å². The number of hydrogen-bond acceptors (Lipinski definition) is 1. The molecule has 0 bridgehead atoms. The van der Waals surface area contributed by atoms with Crippen molar-refractivity contribution in [2.75, 3.05) is 0 Å². The summed E-state index contributed by atoms with van der Waals surface area (Å²) in [4.78, 5) is 4.61. The van der Waals surface area contributed by atoms with Gasteiger partial charge in [-0.05, 0) is 49.3 Å². The quantitative estimate of drug-likeness (QED) is 0.804. The minimum Gasteiger partial charge on any atom is -0.334 e. The molecule has 2 aromatic rings. The zero-order chi connectivity index (χ0) is 13.4. The van der Waals surface area contributed by atoms with E-state index in [1.807, 2.05) is 6.20 Å². The number of hydrogen-bond donors (Lipinski definition) is 0. The Morgan fingerprint density at radius 1 is 1.32 bits per heavy atom. The standard InChI is InChI=1S/C17H22N2/c1-12-5-4-6-16(13(12)2)14(3)17-18-9-10-19(17)11-15-7-8-15/h4-6,9-10,14-15H,7-8,11H2,1-3H3. The first-order valence-electron chi connectivity index (χ1n) is 7.24. The van der Waals surface area contributed by atoms with E-state index in [1.54, 1.807) is 0 Å². The summed E-state index contributed by atoms with van der Waals surface area (Å²) < 4.78 is 2.35. The zero-order valence-corrected chi connectivity index (χ0v) is 12.1. The number of rotatable bonds is 4. The number of aromatic nitrogens is 2. The maximum atomic E-state index is 4.61. The average Bonchev–Trinajstić information content (AvgIpc) is 3.08. The molecule has 1 aromatic heterocycles. The molecular formula is C17H22N2. The molecule has 1 unspecified atom stereocenters. The summed E-state index contributed by atoms with van der Waals surface area (Å²) in [7, 11) is 0. The Labute approximate surface area is 115 Å². The lowest BCUT2D eigenvalue weighted by Crippen LogP contribution is -2.10. The van der Waals surface area contributed by atoms with Gasteiger partial charge in [0, 0.05) is 24.9 Å². The van der Waals surface area contributed by atoms with E-state index in [9.17, 15) is 0 Å². The highest BCUT2D eigenvalue weighted by atomic mass is 15.1. The molecule has 1 fully saturated rings. The number of imidazole rings is 1.